The first-order valence-corrected chi connectivity index (χ1v) is 5.38. The van der Waals surface area contributed by atoms with E-state index >= 15 is 0 Å². The van der Waals surface area contributed by atoms with E-state index in [9.17, 15) is 4.79 Å². The first-order valence-electron chi connectivity index (χ1n) is 4.50. The second kappa shape index (κ2) is 3.24. The van der Waals surface area contributed by atoms with Gasteiger partial charge < -0.3 is 15.3 Å². The average Bonchev–Trinajstić information content (AvgIpc) is 2.58. The van der Waals surface area contributed by atoms with Crippen LogP contribution in [0.15, 0.2) is 22.5 Å². The molecule has 0 amide bonds. The first-order chi connectivity index (χ1) is 6.63. The molecular formula is C9H12N2O2S. The Morgan fingerprint density at radius 3 is 3.07 bits per heavy atom. The molecule has 2 rings (SSSR count). The molecule has 4 nitrogen and oxygen atoms in total. The van der Waals surface area contributed by atoms with Crippen LogP contribution in [0.5, 0.6) is 0 Å². The topological polar surface area (TPSA) is 52.6 Å². The highest BCUT2D eigenvalue weighted by molar-refractivity contribution is 8.03. The van der Waals surface area contributed by atoms with Crippen molar-refractivity contribution in [3.8, 4) is 0 Å². The number of nitrogens with one attached hydrogen (secondary N) is 1. The second-order valence-corrected chi connectivity index (χ2v) is 4.57. The third-order valence-corrected chi connectivity index (χ3v) is 3.31. The minimum atomic E-state index is -0.858. The van der Waals surface area contributed by atoms with Gasteiger partial charge in [0.05, 0.1) is 0 Å². The Morgan fingerprint density at radius 2 is 2.50 bits per heavy atom. The van der Waals surface area contributed by atoms with Gasteiger partial charge in [-0.15, -0.1) is 0 Å². The fourth-order valence-electron chi connectivity index (χ4n) is 1.69. The number of fused-ring (bicyclic) bond motifs is 1. The van der Waals surface area contributed by atoms with Crippen LogP contribution in [0.2, 0.25) is 0 Å². The number of nitrogens with zero attached hydrogens (tertiary/aromatic N) is 1. The summed E-state index contributed by atoms with van der Waals surface area (Å²) in [5.74, 6) is -0.858. The maximum atomic E-state index is 11.0. The predicted octanol–water partition coefficient (Wildman–Crippen LogP) is 1.49. The number of carbonyl (C=O) groups is 1. The maximum Gasteiger partial charge on any atom is 0.354 e. The Hall–Kier alpha value is -1.10. The highest BCUT2D eigenvalue weighted by atomic mass is 32.2. The number of aliphatic carboxylic acids is 1. The Balaban J connectivity index is 2.35. The molecule has 0 aromatic rings. The lowest BCUT2D eigenvalue weighted by Crippen LogP contribution is -2.28. The molecule has 0 saturated heterocycles. The number of thioether (sulfide) groups is 1. The third-order valence-electron chi connectivity index (χ3n) is 2.27. The number of allylic oxidation sites excluding steroid dienone is 2. The van der Waals surface area contributed by atoms with Gasteiger partial charge in [0, 0.05) is 16.8 Å². The lowest BCUT2D eigenvalue weighted by atomic mass is 10.3. The average molecular weight is 212 g/mol. The molecular weight excluding hydrogens is 200 g/mol. The first kappa shape index (κ1) is 9.45. The van der Waals surface area contributed by atoms with Gasteiger partial charge in [-0.25, -0.2) is 4.79 Å². The molecule has 2 N–H and O–H groups in total. The summed E-state index contributed by atoms with van der Waals surface area (Å²) >= 11 is 1.65. The van der Waals surface area contributed by atoms with Crippen LogP contribution < -0.4 is 5.32 Å². The number of hydrogen-bond donors (Lipinski definition) is 2. The summed E-state index contributed by atoms with van der Waals surface area (Å²) in [6.07, 6.45) is 2.61. The van der Waals surface area contributed by atoms with Crippen molar-refractivity contribution in [2.75, 3.05) is 0 Å². The number of carboxylic acids is 1. The summed E-state index contributed by atoms with van der Waals surface area (Å²) in [5, 5.41) is 12.3. The lowest BCUT2D eigenvalue weighted by Gasteiger charge is -2.15. The van der Waals surface area contributed by atoms with Crippen LogP contribution >= 0.6 is 11.8 Å². The van der Waals surface area contributed by atoms with Crippen LogP contribution in [-0.2, 0) is 4.79 Å². The van der Waals surface area contributed by atoms with Gasteiger partial charge in [0.15, 0.2) is 5.50 Å². The van der Waals surface area contributed by atoms with Gasteiger partial charge in [0.2, 0.25) is 0 Å². The minimum absolute atomic E-state index is 0.0519. The van der Waals surface area contributed by atoms with Crippen molar-refractivity contribution in [3.63, 3.8) is 0 Å². The molecule has 2 heterocycles. The molecule has 76 valence electrons. The summed E-state index contributed by atoms with van der Waals surface area (Å²) < 4.78 is 0. The molecule has 0 bridgehead atoms. The van der Waals surface area contributed by atoms with E-state index in [1.807, 2.05) is 20.0 Å². The standard InChI is InChI=1S/C9H12N2O2S/c1-3-6-7(8(12)13)11-4-5(2)14-9(11)10-6/h4,9-10H,3H2,1-2H3,(H,12,13). The highest BCUT2D eigenvalue weighted by Crippen LogP contribution is 2.38. The van der Waals surface area contributed by atoms with Gasteiger partial charge in [0.25, 0.3) is 0 Å². The van der Waals surface area contributed by atoms with E-state index < -0.39 is 5.97 Å². The van der Waals surface area contributed by atoms with Crippen LogP contribution in [0.25, 0.3) is 0 Å². The lowest BCUT2D eigenvalue weighted by molar-refractivity contribution is -0.134. The Bertz CT molecular complexity index is 349. The van der Waals surface area contributed by atoms with Crippen LogP contribution in [0.1, 0.15) is 20.3 Å². The Kier molecular flexibility index (Phi) is 2.19. The van der Waals surface area contributed by atoms with E-state index in [-0.39, 0.29) is 5.50 Å². The molecule has 0 aromatic carbocycles. The summed E-state index contributed by atoms with van der Waals surface area (Å²) in [6, 6.07) is 0. The molecule has 5 heteroatoms. The number of rotatable bonds is 2. The van der Waals surface area contributed by atoms with E-state index in [0.717, 1.165) is 17.0 Å². The van der Waals surface area contributed by atoms with E-state index in [1.54, 1.807) is 16.7 Å². The third kappa shape index (κ3) is 1.28. The van der Waals surface area contributed by atoms with Crippen molar-refractivity contribution >= 4 is 17.7 Å². The van der Waals surface area contributed by atoms with Gasteiger partial charge in [-0.05, 0) is 13.3 Å². The molecule has 0 aliphatic carbocycles. The normalized spacial score (nSPS) is 24.9. The molecule has 2 aliphatic heterocycles. The maximum absolute atomic E-state index is 11.0. The van der Waals surface area contributed by atoms with E-state index in [4.69, 9.17) is 5.11 Å². The van der Waals surface area contributed by atoms with Crippen molar-refractivity contribution in [3.05, 3.63) is 22.5 Å². The number of hydrogen-bond acceptors (Lipinski definition) is 4. The molecule has 14 heavy (non-hydrogen) atoms. The predicted molar refractivity (Wildman–Crippen MR) is 55.1 cm³/mol. The van der Waals surface area contributed by atoms with Crippen LogP contribution in [0.4, 0.5) is 0 Å². The number of carboxylic acid groups (broad SMARTS) is 1. The molecule has 1 unspecified atom stereocenters. The second-order valence-electron chi connectivity index (χ2n) is 3.25. The SMILES string of the molecule is CCC1=C(C(=O)O)N2C=C(C)SC2N1. The van der Waals surface area contributed by atoms with Gasteiger partial charge >= 0.3 is 5.97 Å². The Morgan fingerprint density at radius 1 is 1.79 bits per heavy atom. The van der Waals surface area contributed by atoms with Gasteiger partial charge in [0.1, 0.15) is 5.70 Å². The van der Waals surface area contributed by atoms with Crippen molar-refractivity contribution in [1.82, 2.24) is 10.2 Å². The molecule has 0 saturated carbocycles. The fourth-order valence-corrected chi connectivity index (χ4v) is 2.70. The molecule has 0 fully saturated rings. The van der Waals surface area contributed by atoms with Crippen molar-refractivity contribution in [2.45, 2.75) is 25.8 Å². The molecule has 2 aliphatic rings. The zero-order valence-corrected chi connectivity index (χ0v) is 8.89. The van der Waals surface area contributed by atoms with Crippen LogP contribution in [0.3, 0.4) is 0 Å². The van der Waals surface area contributed by atoms with Crippen molar-refractivity contribution in [2.24, 2.45) is 0 Å². The molecule has 1 atom stereocenters. The monoisotopic (exact) mass is 212 g/mol. The van der Waals surface area contributed by atoms with E-state index in [1.165, 1.54) is 0 Å². The fraction of sp³-hybridized carbons (Fsp3) is 0.444. The summed E-state index contributed by atoms with van der Waals surface area (Å²) in [6.45, 7) is 3.93. The van der Waals surface area contributed by atoms with E-state index in [0.29, 0.717) is 5.70 Å². The largest absolute Gasteiger partial charge is 0.477 e. The highest BCUT2D eigenvalue weighted by Gasteiger charge is 2.37. The summed E-state index contributed by atoms with van der Waals surface area (Å²) in [5.41, 5.74) is 1.26. The van der Waals surface area contributed by atoms with Gasteiger partial charge in [-0.3, -0.25) is 0 Å². The van der Waals surface area contributed by atoms with E-state index in [2.05, 4.69) is 5.32 Å². The van der Waals surface area contributed by atoms with Crippen molar-refractivity contribution in [1.29, 1.82) is 0 Å². The summed E-state index contributed by atoms with van der Waals surface area (Å²) in [7, 11) is 0. The van der Waals surface area contributed by atoms with Gasteiger partial charge in [-0.2, -0.15) is 0 Å². The zero-order valence-electron chi connectivity index (χ0n) is 8.07. The molecule has 0 aromatic heterocycles. The molecule has 0 spiro atoms. The van der Waals surface area contributed by atoms with Crippen LogP contribution in [-0.4, -0.2) is 21.5 Å². The molecule has 0 radical (unpaired) electrons. The van der Waals surface area contributed by atoms with Crippen molar-refractivity contribution < 1.29 is 9.90 Å². The Labute approximate surface area is 86.7 Å². The van der Waals surface area contributed by atoms with Crippen LogP contribution in [0, 0.1) is 0 Å². The smallest absolute Gasteiger partial charge is 0.354 e. The summed E-state index contributed by atoms with van der Waals surface area (Å²) in [4.78, 5) is 14.0. The quantitative estimate of drug-likeness (QED) is 0.726. The minimum Gasteiger partial charge on any atom is -0.477 e. The zero-order chi connectivity index (χ0) is 10.3. The van der Waals surface area contributed by atoms with Gasteiger partial charge in [-0.1, -0.05) is 18.7 Å².